The number of hydrogen-bond acceptors (Lipinski definition) is 4. The number of aliphatic imine (C=N–C) groups is 1. The second kappa shape index (κ2) is 6.56. The van der Waals surface area contributed by atoms with Gasteiger partial charge in [0.05, 0.1) is 12.1 Å². The third-order valence-corrected chi connectivity index (χ3v) is 7.74. The van der Waals surface area contributed by atoms with Gasteiger partial charge in [0.1, 0.15) is 0 Å². The molecule has 1 aliphatic carbocycles. The molecule has 0 aromatic heterocycles. The van der Waals surface area contributed by atoms with Gasteiger partial charge >= 0.3 is 0 Å². The zero-order chi connectivity index (χ0) is 18.5. The van der Waals surface area contributed by atoms with Gasteiger partial charge in [0.15, 0.2) is 5.17 Å². The maximum atomic E-state index is 9.73. The van der Waals surface area contributed by atoms with Crippen LogP contribution in [0.3, 0.4) is 0 Å². The van der Waals surface area contributed by atoms with E-state index >= 15 is 0 Å². The smallest absolute Gasteiger partial charge is 0.159 e. The van der Waals surface area contributed by atoms with E-state index in [1.54, 1.807) is 0 Å². The van der Waals surface area contributed by atoms with Gasteiger partial charge in [0.25, 0.3) is 0 Å². The van der Waals surface area contributed by atoms with E-state index < -0.39 is 0 Å². The van der Waals surface area contributed by atoms with Crippen molar-refractivity contribution < 1.29 is 5.11 Å². The minimum atomic E-state index is -0.125. The van der Waals surface area contributed by atoms with Gasteiger partial charge < -0.3 is 10.0 Å². The predicted octanol–water partition coefficient (Wildman–Crippen LogP) is 4.64. The summed E-state index contributed by atoms with van der Waals surface area (Å²) in [6.45, 7) is 11.4. The lowest BCUT2D eigenvalue weighted by Gasteiger charge is -2.42. The van der Waals surface area contributed by atoms with Crippen molar-refractivity contribution in [3.63, 3.8) is 0 Å². The molecular formula is C22H32N2OS. The molecule has 3 aliphatic rings. The number of likely N-dealkylation sites (tertiary alicyclic amines) is 1. The van der Waals surface area contributed by atoms with E-state index in [0.717, 1.165) is 31.7 Å². The van der Waals surface area contributed by atoms with E-state index in [1.165, 1.54) is 34.7 Å². The molecule has 3 nitrogen and oxygen atoms in total. The number of hydrogen-bond donors (Lipinski definition) is 1. The van der Waals surface area contributed by atoms with E-state index in [-0.39, 0.29) is 23.0 Å². The Balaban J connectivity index is 1.59. The zero-order valence-corrected chi connectivity index (χ0v) is 17.4. The van der Waals surface area contributed by atoms with Crippen LogP contribution in [0.1, 0.15) is 76.1 Å². The minimum Gasteiger partial charge on any atom is -0.393 e. The molecule has 0 bridgehead atoms. The molecule has 1 fully saturated rings. The molecule has 142 valence electrons. The first-order chi connectivity index (χ1) is 12.3. The molecule has 1 saturated heterocycles. The predicted molar refractivity (Wildman–Crippen MR) is 111 cm³/mol. The highest BCUT2D eigenvalue weighted by atomic mass is 32.2. The number of nitrogens with zero attached hydrogens (tertiary/aromatic N) is 2. The number of amidine groups is 1. The summed E-state index contributed by atoms with van der Waals surface area (Å²) >= 11 is 1.88. The van der Waals surface area contributed by atoms with Crippen LogP contribution < -0.4 is 0 Å². The molecule has 2 aliphatic heterocycles. The highest BCUT2D eigenvalue weighted by molar-refractivity contribution is 8.14. The summed E-state index contributed by atoms with van der Waals surface area (Å²) < 4.78 is 0. The number of benzene rings is 1. The molecular weight excluding hydrogens is 340 g/mol. The van der Waals surface area contributed by atoms with Gasteiger partial charge in [0, 0.05) is 18.8 Å². The summed E-state index contributed by atoms with van der Waals surface area (Å²) in [6.07, 6.45) is 4.12. The average Bonchev–Trinajstić information content (AvgIpc) is 3.09. The van der Waals surface area contributed by atoms with Crippen molar-refractivity contribution in [3.05, 3.63) is 34.9 Å². The Hall–Kier alpha value is -1.00. The first kappa shape index (κ1) is 18.4. The van der Waals surface area contributed by atoms with Gasteiger partial charge in [-0.25, -0.2) is 0 Å². The summed E-state index contributed by atoms with van der Waals surface area (Å²) in [6, 6.07) is 7.42. The van der Waals surface area contributed by atoms with Crippen LogP contribution in [0, 0.1) is 0 Å². The molecule has 1 atom stereocenters. The fourth-order valence-electron chi connectivity index (χ4n) is 4.58. The molecule has 4 heteroatoms. The van der Waals surface area contributed by atoms with E-state index in [4.69, 9.17) is 4.99 Å². The Morgan fingerprint density at radius 3 is 2.38 bits per heavy atom. The van der Waals surface area contributed by atoms with E-state index in [9.17, 15) is 5.11 Å². The van der Waals surface area contributed by atoms with Crippen LogP contribution in [-0.2, 0) is 10.8 Å². The SMILES string of the molecule is CC1(C)CCC(C)(C)c2cc(C3CSC(N4CCC(O)CC4)=N3)ccc21. The van der Waals surface area contributed by atoms with Crippen LogP contribution in [0.5, 0.6) is 0 Å². The number of aliphatic hydroxyl groups is 1. The van der Waals surface area contributed by atoms with Crippen molar-refractivity contribution in [1.29, 1.82) is 0 Å². The Labute approximate surface area is 162 Å². The summed E-state index contributed by atoms with van der Waals surface area (Å²) in [5, 5.41) is 10.9. The second-order valence-corrected chi connectivity index (χ2v) is 10.5. The molecule has 0 spiro atoms. The van der Waals surface area contributed by atoms with Crippen molar-refractivity contribution in [2.24, 2.45) is 4.99 Å². The fraction of sp³-hybridized carbons (Fsp3) is 0.682. The molecule has 2 heterocycles. The Bertz CT molecular complexity index is 717. The van der Waals surface area contributed by atoms with Crippen LogP contribution in [0.15, 0.2) is 23.2 Å². The monoisotopic (exact) mass is 372 g/mol. The number of piperidine rings is 1. The Kier molecular flexibility index (Phi) is 4.63. The van der Waals surface area contributed by atoms with Gasteiger partial charge in [0.2, 0.25) is 0 Å². The molecule has 1 aromatic carbocycles. The molecule has 26 heavy (non-hydrogen) atoms. The van der Waals surface area contributed by atoms with Crippen molar-refractivity contribution >= 4 is 16.9 Å². The number of aliphatic hydroxyl groups excluding tert-OH is 1. The van der Waals surface area contributed by atoms with Crippen molar-refractivity contribution in [3.8, 4) is 0 Å². The van der Waals surface area contributed by atoms with E-state index in [2.05, 4.69) is 50.8 Å². The van der Waals surface area contributed by atoms with Crippen LogP contribution in [0.4, 0.5) is 0 Å². The van der Waals surface area contributed by atoms with Gasteiger partial charge in [-0.15, -0.1) is 0 Å². The fourth-order valence-corrected chi connectivity index (χ4v) is 5.72. The summed E-state index contributed by atoms with van der Waals surface area (Å²) in [5.74, 6) is 1.04. The molecule has 4 rings (SSSR count). The quantitative estimate of drug-likeness (QED) is 0.780. The van der Waals surface area contributed by atoms with Crippen molar-refractivity contribution in [1.82, 2.24) is 4.90 Å². The lowest BCUT2D eigenvalue weighted by Crippen LogP contribution is -2.38. The van der Waals surface area contributed by atoms with Crippen molar-refractivity contribution in [2.75, 3.05) is 18.8 Å². The molecule has 0 amide bonds. The van der Waals surface area contributed by atoms with Crippen LogP contribution >= 0.6 is 11.8 Å². The molecule has 0 saturated carbocycles. The van der Waals surface area contributed by atoms with E-state index in [1.807, 2.05) is 11.8 Å². The maximum absolute atomic E-state index is 9.73. The first-order valence-electron chi connectivity index (χ1n) is 10.0. The van der Waals surface area contributed by atoms with Gasteiger partial charge in [-0.3, -0.25) is 4.99 Å². The normalized spacial score (nSPS) is 28.0. The van der Waals surface area contributed by atoms with Crippen LogP contribution in [0.25, 0.3) is 0 Å². The van der Waals surface area contributed by atoms with E-state index in [0.29, 0.717) is 0 Å². The lowest BCUT2D eigenvalue weighted by molar-refractivity contribution is 0.110. The Morgan fingerprint density at radius 1 is 1.04 bits per heavy atom. The van der Waals surface area contributed by atoms with Crippen molar-refractivity contribution in [2.45, 2.75) is 76.4 Å². The lowest BCUT2D eigenvalue weighted by atomic mass is 9.63. The largest absolute Gasteiger partial charge is 0.393 e. The third-order valence-electron chi connectivity index (χ3n) is 6.63. The Morgan fingerprint density at radius 2 is 1.69 bits per heavy atom. The van der Waals surface area contributed by atoms with Gasteiger partial charge in [-0.1, -0.05) is 57.7 Å². The average molecular weight is 373 g/mol. The summed E-state index contributed by atoms with van der Waals surface area (Å²) in [7, 11) is 0. The molecule has 1 unspecified atom stereocenters. The standard InChI is InChI=1S/C22H32N2OS/c1-21(2)9-10-22(3,4)18-13-15(5-6-17(18)21)19-14-26-20(23-19)24-11-7-16(25)8-12-24/h5-6,13,16,19,25H,7-12,14H2,1-4H3. The molecule has 0 radical (unpaired) electrons. The highest BCUT2D eigenvalue weighted by Crippen LogP contribution is 2.47. The number of thioether (sulfide) groups is 1. The summed E-state index contributed by atoms with van der Waals surface area (Å²) in [4.78, 5) is 7.43. The van der Waals surface area contributed by atoms with Crippen LogP contribution in [0.2, 0.25) is 0 Å². The first-order valence-corrected chi connectivity index (χ1v) is 11.0. The maximum Gasteiger partial charge on any atom is 0.159 e. The number of rotatable bonds is 1. The zero-order valence-electron chi connectivity index (χ0n) is 16.6. The number of fused-ring (bicyclic) bond motifs is 1. The third kappa shape index (κ3) is 3.31. The van der Waals surface area contributed by atoms with Gasteiger partial charge in [-0.2, -0.15) is 0 Å². The second-order valence-electron chi connectivity index (χ2n) is 9.53. The van der Waals surface area contributed by atoms with Crippen LogP contribution in [-0.4, -0.2) is 40.1 Å². The summed E-state index contributed by atoms with van der Waals surface area (Å²) in [5.41, 5.74) is 4.95. The minimum absolute atomic E-state index is 0.125. The molecule has 1 aromatic rings. The topological polar surface area (TPSA) is 35.8 Å². The highest BCUT2D eigenvalue weighted by Gasteiger charge is 2.37. The molecule has 1 N–H and O–H groups in total. The van der Waals surface area contributed by atoms with Gasteiger partial charge in [-0.05, 0) is 53.2 Å².